The Bertz CT molecular complexity index is 978. The molecule has 6 heteroatoms. The van der Waals surface area contributed by atoms with Gasteiger partial charge in [-0.25, -0.2) is 0 Å². The van der Waals surface area contributed by atoms with Crippen molar-refractivity contribution in [3.63, 3.8) is 0 Å². The predicted octanol–water partition coefficient (Wildman–Crippen LogP) is 5.28. The monoisotopic (exact) mass is 467 g/mol. The van der Waals surface area contributed by atoms with E-state index in [0.717, 1.165) is 60.1 Å². The molecule has 1 aliphatic heterocycles. The zero-order valence-electron chi connectivity index (χ0n) is 21.4. The third-order valence-corrected chi connectivity index (χ3v) is 7.86. The van der Waals surface area contributed by atoms with E-state index >= 15 is 0 Å². The van der Waals surface area contributed by atoms with Crippen molar-refractivity contribution >= 4 is 5.91 Å². The van der Waals surface area contributed by atoms with E-state index < -0.39 is 0 Å². The average molecular weight is 468 g/mol. The van der Waals surface area contributed by atoms with E-state index in [1.807, 2.05) is 18.2 Å². The van der Waals surface area contributed by atoms with Crippen LogP contribution in [-0.2, 0) is 6.54 Å². The third kappa shape index (κ3) is 5.27. The number of amides is 1. The van der Waals surface area contributed by atoms with Gasteiger partial charge in [0.1, 0.15) is 11.5 Å². The summed E-state index contributed by atoms with van der Waals surface area (Å²) >= 11 is 0. The Balaban J connectivity index is 1.66. The molecule has 1 unspecified atom stereocenters. The van der Waals surface area contributed by atoms with Crippen molar-refractivity contribution in [1.82, 2.24) is 14.8 Å². The van der Waals surface area contributed by atoms with E-state index in [1.54, 1.807) is 14.2 Å². The topological polar surface area (TPSA) is 55.7 Å². The number of carbonyl (C=O) groups excluding carboxylic acids is 1. The number of nitrogens with zero attached hydrogens (tertiary/aromatic N) is 2. The number of ether oxygens (including phenoxy) is 2. The van der Waals surface area contributed by atoms with E-state index in [-0.39, 0.29) is 5.91 Å². The maximum atomic E-state index is 13.4. The van der Waals surface area contributed by atoms with Gasteiger partial charge < -0.3 is 19.4 Å². The largest absolute Gasteiger partial charge is 0.497 e. The minimum absolute atomic E-state index is 0.0194. The van der Waals surface area contributed by atoms with Crippen molar-refractivity contribution in [2.24, 2.45) is 5.92 Å². The summed E-state index contributed by atoms with van der Waals surface area (Å²) < 4.78 is 13.6. The van der Waals surface area contributed by atoms with Crippen molar-refractivity contribution in [2.75, 3.05) is 33.9 Å². The van der Waals surface area contributed by atoms with Crippen LogP contribution in [0.25, 0.3) is 11.3 Å². The molecular weight excluding hydrogens is 426 g/mol. The van der Waals surface area contributed by atoms with Crippen molar-refractivity contribution in [3.05, 3.63) is 35.5 Å². The van der Waals surface area contributed by atoms with Crippen LogP contribution in [0.4, 0.5) is 0 Å². The molecule has 2 aromatic rings. The van der Waals surface area contributed by atoms with Crippen molar-refractivity contribution in [1.29, 1.82) is 0 Å². The highest BCUT2D eigenvalue weighted by atomic mass is 16.5. The summed E-state index contributed by atoms with van der Waals surface area (Å²) in [4.78, 5) is 15.9. The Hall–Kier alpha value is -2.47. The Kier molecular flexibility index (Phi) is 8.19. The molecule has 1 atom stereocenters. The van der Waals surface area contributed by atoms with Gasteiger partial charge in [0.05, 0.1) is 25.5 Å². The van der Waals surface area contributed by atoms with Crippen LogP contribution in [0.1, 0.15) is 67.9 Å². The van der Waals surface area contributed by atoms with Crippen LogP contribution in [0.5, 0.6) is 11.5 Å². The average Bonchev–Trinajstić information content (AvgIpc) is 3.47. The maximum absolute atomic E-state index is 13.4. The normalized spacial score (nSPS) is 19.4. The number of aromatic nitrogens is 1. The molecule has 1 aromatic heterocycles. The number of rotatable bonds is 9. The van der Waals surface area contributed by atoms with Crippen molar-refractivity contribution in [2.45, 2.75) is 71.4 Å². The molecule has 1 aliphatic carbocycles. The van der Waals surface area contributed by atoms with E-state index in [2.05, 4.69) is 34.7 Å². The van der Waals surface area contributed by atoms with E-state index in [4.69, 9.17) is 9.47 Å². The summed E-state index contributed by atoms with van der Waals surface area (Å²) in [6, 6.07) is 8.37. The zero-order valence-corrected chi connectivity index (χ0v) is 21.4. The van der Waals surface area contributed by atoms with Crippen LogP contribution >= 0.6 is 0 Å². The maximum Gasteiger partial charge on any atom is 0.253 e. The molecule has 0 spiro atoms. The third-order valence-electron chi connectivity index (χ3n) is 7.86. The SMILES string of the molecule is CCN1CCCC1CNC(=O)c1cc(-c2cc(OC)ccc2OC)n(CC2CCCCC2)c1C. The van der Waals surface area contributed by atoms with Crippen molar-refractivity contribution in [3.8, 4) is 22.8 Å². The Labute approximate surface area is 204 Å². The highest BCUT2D eigenvalue weighted by Gasteiger charge is 2.26. The van der Waals surface area contributed by atoms with Gasteiger partial charge in [-0.05, 0) is 75.9 Å². The number of likely N-dealkylation sites (N-methyl/N-ethyl adjacent to an activating group) is 1. The van der Waals surface area contributed by atoms with Gasteiger partial charge in [0.2, 0.25) is 0 Å². The van der Waals surface area contributed by atoms with Crippen molar-refractivity contribution < 1.29 is 14.3 Å². The first-order valence-electron chi connectivity index (χ1n) is 13.0. The quantitative estimate of drug-likeness (QED) is 0.545. The Morgan fingerprint density at radius 2 is 1.85 bits per heavy atom. The first-order valence-corrected chi connectivity index (χ1v) is 13.0. The van der Waals surface area contributed by atoms with Crippen LogP contribution in [0.15, 0.2) is 24.3 Å². The minimum atomic E-state index is 0.0194. The molecule has 2 fully saturated rings. The molecule has 186 valence electrons. The fourth-order valence-corrected chi connectivity index (χ4v) is 5.82. The molecule has 1 saturated heterocycles. The number of likely N-dealkylation sites (tertiary alicyclic amines) is 1. The fraction of sp³-hybridized carbons (Fsp3) is 0.607. The van der Waals surface area contributed by atoms with Crippen LogP contribution in [-0.4, -0.2) is 55.3 Å². The first kappa shape index (κ1) is 24.6. The van der Waals surface area contributed by atoms with E-state index in [0.29, 0.717) is 18.5 Å². The molecular formula is C28H41N3O3. The lowest BCUT2D eigenvalue weighted by Crippen LogP contribution is -2.40. The number of benzene rings is 1. The molecule has 0 radical (unpaired) electrons. The molecule has 0 bridgehead atoms. The van der Waals surface area contributed by atoms with Crippen LogP contribution in [0.3, 0.4) is 0 Å². The molecule has 1 saturated carbocycles. The molecule has 2 heterocycles. The lowest BCUT2D eigenvalue weighted by atomic mass is 9.89. The standard InChI is InChI=1S/C28H41N3O3/c1-5-30-15-9-12-22(30)18-29-28(32)24-17-26(25-16-23(33-3)13-14-27(25)34-4)31(20(24)2)19-21-10-7-6-8-11-21/h13-14,16-17,21-22H,5-12,15,18-19H2,1-4H3,(H,29,32). The van der Waals surface area contributed by atoms with Gasteiger partial charge in [0.15, 0.2) is 0 Å². The molecule has 34 heavy (non-hydrogen) atoms. The summed E-state index contributed by atoms with van der Waals surface area (Å²) in [7, 11) is 3.38. The smallest absolute Gasteiger partial charge is 0.253 e. The van der Waals surface area contributed by atoms with Crippen LogP contribution < -0.4 is 14.8 Å². The second kappa shape index (κ2) is 11.3. The molecule has 1 aromatic carbocycles. The van der Waals surface area contributed by atoms with Gasteiger partial charge >= 0.3 is 0 Å². The van der Waals surface area contributed by atoms with E-state index in [9.17, 15) is 4.79 Å². The number of nitrogens with one attached hydrogen (secondary N) is 1. The van der Waals surface area contributed by atoms with Crippen LogP contribution in [0.2, 0.25) is 0 Å². The number of methoxy groups -OCH3 is 2. The second-order valence-electron chi connectivity index (χ2n) is 9.84. The summed E-state index contributed by atoms with van der Waals surface area (Å²) in [5, 5.41) is 3.24. The van der Waals surface area contributed by atoms with Crippen LogP contribution in [0, 0.1) is 12.8 Å². The lowest BCUT2D eigenvalue weighted by molar-refractivity contribution is 0.0940. The van der Waals surface area contributed by atoms with Gasteiger partial charge in [-0.3, -0.25) is 9.69 Å². The lowest BCUT2D eigenvalue weighted by Gasteiger charge is -2.25. The number of carbonyl (C=O) groups is 1. The fourth-order valence-electron chi connectivity index (χ4n) is 5.82. The Morgan fingerprint density at radius 1 is 1.06 bits per heavy atom. The molecule has 6 nitrogen and oxygen atoms in total. The second-order valence-corrected chi connectivity index (χ2v) is 9.84. The van der Waals surface area contributed by atoms with E-state index in [1.165, 1.54) is 38.5 Å². The molecule has 2 aliphatic rings. The van der Waals surface area contributed by atoms with Gasteiger partial charge in [-0.2, -0.15) is 0 Å². The molecule has 1 N–H and O–H groups in total. The summed E-state index contributed by atoms with van der Waals surface area (Å²) in [5.74, 6) is 2.24. The molecule has 4 rings (SSSR count). The predicted molar refractivity (Wildman–Crippen MR) is 137 cm³/mol. The minimum Gasteiger partial charge on any atom is -0.497 e. The highest BCUT2D eigenvalue weighted by Crippen LogP contribution is 2.37. The summed E-state index contributed by atoms with van der Waals surface area (Å²) in [6.45, 7) is 8.09. The number of hydrogen-bond donors (Lipinski definition) is 1. The molecule has 1 amide bonds. The number of hydrogen-bond acceptors (Lipinski definition) is 4. The van der Waals surface area contributed by atoms with Gasteiger partial charge in [-0.1, -0.05) is 26.2 Å². The Morgan fingerprint density at radius 3 is 2.56 bits per heavy atom. The van der Waals surface area contributed by atoms with Gasteiger partial charge in [0, 0.05) is 30.4 Å². The van der Waals surface area contributed by atoms with Gasteiger partial charge in [-0.15, -0.1) is 0 Å². The summed E-state index contributed by atoms with van der Waals surface area (Å²) in [5.41, 5.74) is 3.78. The first-order chi connectivity index (χ1) is 16.5. The van der Waals surface area contributed by atoms with Gasteiger partial charge in [0.25, 0.3) is 5.91 Å². The highest BCUT2D eigenvalue weighted by molar-refractivity contribution is 5.97. The summed E-state index contributed by atoms with van der Waals surface area (Å²) in [6.07, 6.45) is 8.80. The zero-order chi connectivity index (χ0) is 24.1.